The van der Waals surface area contributed by atoms with E-state index in [1.165, 1.54) is 0 Å². The number of alkyl carbamates (subject to hydrolysis) is 1. The quantitative estimate of drug-likeness (QED) is 0.751. The van der Waals surface area contributed by atoms with Gasteiger partial charge >= 0.3 is 6.09 Å². The minimum Gasteiger partial charge on any atom is -0.444 e. The molecule has 3 N–H and O–H groups in total. The highest BCUT2D eigenvalue weighted by atomic mass is 16.6. The van der Waals surface area contributed by atoms with Gasteiger partial charge in [0.25, 0.3) is 0 Å². The Labute approximate surface area is 139 Å². The summed E-state index contributed by atoms with van der Waals surface area (Å²) in [7, 11) is 0. The van der Waals surface area contributed by atoms with Crippen molar-refractivity contribution in [2.24, 2.45) is 0 Å². The topological polar surface area (TPSA) is 122 Å². The number of amides is 2. The highest BCUT2D eigenvalue weighted by Gasteiger charge is 2.16. The molecule has 2 aromatic heterocycles. The zero-order chi connectivity index (χ0) is 17.6. The lowest BCUT2D eigenvalue weighted by Gasteiger charge is -2.19. The van der Waals surface area contributed by atoms with Gasteiger partial charge in [-0.25, -0.2) is 9.78 Å². The predicted molar refractivity (Wildman–Crippen MR) is 85.7 cm³/mol. The molecule has 0 aliphatic carbocycles. The fourth-order valence-electron chi connectivity index (χ4n) is 1.70. The van der Waals surface area contributed by atoms with Crippen molar-refractivity contribution in [2.45, 2.75) is 32.9 Å². The summed E-state index contributed by atoms with van der Waals surface area (Å²) in [5.41, 5.74) is 0.0281. The van der Waals surface area contributed by atoms with E-state index in [4.69, 9.17) is 4.74 Å². The number of nitrogens with one attached hydrogen (secondary N) is 3. The first-order valence-corrected chi connectivity index (χ1v) is 7.40. The fraction of sp³-hybridized carbons (Fsp3) is 0.400. The third-order valence-corrected chi connectivity index (χ3v) is 2.67. The molecule has 0 radical (unpaired) electrons. The van der Waals surface area contributed by atoms with Crippen molar-refractivity contribution in [3.8, 4) is 11.5 Å². The summed E-state index contributed by atoms with van der Waals surface area (Å²) in [6, 6.07) is 5.42. The Balaban J connectivity index is 1.76. The molecular weight excluding hydrogens is 312 g/mol. The summed E-state index contributed by atoms with van der Waals surface area (Å²) in [6.07, 6.45) is 1.00. The van der Waals surface area contributed by atoms with Crippen LogP contribution in [0.5, 0.6) is 0 Å². The number of ether oxygens (including phenoxy) is 1. The Morgan fingerprint density at radius 3 is 2.71 bits per heavy atom. The van der Waals surface area contributed by atoms with Crippen LogP contribution in [-0.4, -0.2) is 44.3 Å². The van der Waals surface area contributed by atoms with Crippen LogP contribution < -0.4 is 10.6 Å². The highest BCUT2D eigenvalue weighted by Crippen LogP contribution is 2.09. The molecule has 0 aliphatic rings. The van der Waals surface area contributed by atoms with Crippen LogP contribution in [0.1, 0.15) is 26.6 Å². The molecule has 9 heteroatoms. The lowest BCUT2D eigenvalue weighted by Crippen LogP contribution is -2.39. The summed E-state index contributed by atoms with van der Waals surface area (Å²) in [6.45, 7) is 5.21. The summed E-state index contributed by atoms with van der Waals surface area (Å²) in [5, 5.41) is 11.8. The lowest BCUT2D eigenvalue weighted by molar-refractivity contribution is -0.120. The molecule has 0 aliphatic heterocycles. The van der Waals surface area contributed by atoms with E-state index in [2.05, 4.69) is 30.8 Å². The van der Waals surface area contributed by atoms with Crippen molar-refractivity contribution in [3.05, 3.63) is 30.2 Å². The van der Waals surface area contributed by atoms with E-state index < -0.39 is 11.7 Å². The van der Waals surface area contributed by atoms with E-state index in [0.717, 1.165) is 0 Å². The molecule has 2 heterocycles. The molecule has 0 aromatic carbocycles. The number of H-pyrrole nitrogens is 1. The summed E-state index contributed by atoms with van der Waals surface area (Å²) >= 11 is 0. The minimum absolute atomic E-state index is 0.161. The lowest BCUT2D eigenvalue weighted by atomic mass is 10.2. The minimum atomic E-state index is -0.644. The molecule has 0 saturated carbocycles. The first kappa shape index (κ1) is 17.4. The standard InChI is InChI=1S/C15H20N6O3/c1-15(2,3)24-14(23)18-9-12(22)17-8-11-19-13(21-20-11)10-6-4-5-7-16-10/h4-7H,8-9H2,1-3H3,(H,17,22)(H,18,23)(H,19,20,21). The van der Waals surface area contributed by atoms with Gasteiger partial charge in [-0.1, -0.05) is 6.07 Å². The number of aromatic nitrogens is 4. The second-order valence-corrected chi connectivity index (χ2v) is 5.95. The van der Waals surface area contributed by atoms with Gasteiger partial charge in [-0.2, -0.15) is 5.10 Å². The van der Waals surface area contributed by atoms with E-state index in [-0.39, 0.29) is 19.0 Å². The maximum atomic E-state index is 11.7. The van der Waals surface area contributed by atoms with Crippen LogP contribution in [0.3, 0.4) is 0 Å². The Morgan fingerprint density at radius 1 is 1.25 bits per heavy atom. The first-order valence-electron chi connectivity index (χ1n) is 7.40. The molecule has 9 nitrogen and oxygen atoms in total. The molecule has 0 spiro atoms. The fourth-order valence-corrected chi connectivity index (χ4v) is 1.70. The molecule has 2 rings (SSSR count). The van der Waals surface area contributed by atoms with Gasteiger partial charge in [-0.3, -0.25) is 14.9 Å². The molecule has 0 fully saturated rings. The highest BCUT2D eigenvalue weighted by molar-refractivity contribution is 5.82. The van der Waals surface area contributed by atoms with Gasteiger partial charge in [0.1, 0.15) is 23.7 Å². The Morgan fingerprint density at radius 2 is 2.04 bits per heavy atom. The molecule has 24 heavy (non-hydrogen) atoms. The van der Waals surface area contributed by atoms with Gasteiger partial charge in [0.05, 0.1) is 6.54 Å². The van der Waals surface area contributed by atoms with Gasteiger partial charge in [0, 0.05) is 6.20 Å². The zero-order valence-electron chi connectivity index (χ0n) is 13.8. The van der Waals surface area contributed by atoms with Crippen LogP contribution >= 0.6 is 0 Å². The van der Waals surface area contributed by atoms with E-state index >= 15 is 0 Å². The van der Waals surface area contributed by atoms with Gasteiger partial charge < -0.3 is 15.4 Å². The van der Waals surface area contributed by atoms with Crippen LogP contribution in [0.4, 0.5) is 4.79 Å². The Kier molecular flexibility index (Phi) is 5.46. The molecule has 0 saturated heterocycles. The van der Waals surface area contributed by atoms with Crippen molar-refractivity contribution in [2.75, 3.05) is 6.54 Å². The summed E-state index contributed by atoms with van der Waals surface area (Å²) in [5.74, 6) is 0.574. The molecule has 2 amide bonds. The van der Waals surface area contributed by atoms with Crippen molar-refractivity contribution < 1.29 is 14.3 Å². The van der Waals surface area contributed by atoms with Gasteiger partial charge in [0.15, 0.2) is 5.82 Å². The van der Waals surface area contributed by atoms with E-state index in [9.17, 15) is 9.59 Å². The second kappa shape index (κ2) is 7.53. The monoisotopic (exact) mass is 332 g/mol. The predicted octanol–water partition coefficient (Wildman–Crippen LogP) is 1.01. The van der Waals surface area contributed by atoms with Gasteiger partial charge in [-0.15, -0.1) is 0 Å². The number of rotatable bonds is 5. The largest absolute Gasteiger partial charge is 0.444 e. The Bertz CT molecular complexity index is 693. The summed E-state index contributed by atoms with van der Waals surface area (Å²) < 4.78 is 5.04. The number of carbonyl (C=O) groups excluding carboxylic acids is 2. The number of nitrogens with zero attached hydrogens (tertiary/aromatic N) is 3. The second-order valence-electron chi connectivity index (χ2n) is 5.95. The Hall–Kier alpha value is -2.97. The molecule has 128 valence electrons. The number of aromatic amines is 1. The third-order valence-electron chi connectivity index (χ3n) is 2.67. The average molecular weight is 332 g/mol. The van der Waals surface area contributed by atoms with E-state index in [1.807, 2.05) is 6.07 Å². The summed E-state index contributed by atoms with van der Waals surface area (Å²) in [4.78, 5) is 31.5. The smallest absolute Gasteiger partial charge is 0.408 e. The van der Waals surface area contributed by atoms with Crippen molar-refractivity contribution in [3.63, 3.8) is 0 Å². The van der Waals surface area contributed by atoms with Crippen LogP contribution in [-0.2, 0) is 16.1 Å². The van der Waals surface area contributed by atoms with Crippen LogP contribution in [0.2, 0.25) is 0 Å². The van der Waals surface area contributed by atoms with Crippen molar-refractivity contribution in [1.29, 1.82) is 0 Å². The normalized spacial score (nSPS) is 11.0. The van der Waals surface area contributed by atoms with E-state index in [1.54, 1.807) is 39.1 Å². The van der Waals surface area contributed by atoms with E-state index in [0.29, 0.717) is 17.3 Å². The number of carbonyl (C=O) groups is 2. The molecular formula is C15H20N6O3. The number of hydrogen-bond acceptors (Lipinski definition) is 6. The molecule has 0 atom stereocenters. The average Bonchev–Trinajstić information content (AvgIpc) is 2.99. The molecule has 2 aromatic rings. The van der Waals surface area contributed by atoms with Crippen LogP contribution in [0.25, 0.3) is 11.5 Å². The van der Waals surface area contributed by atoms with Crippen molar-refractivity contribution >= 4 is 12.0 Å². The maximum absolute atomic E-state index is 11.7. The molecule has 0 bridgehead atoms. The van der Waals surface area contributed by atoms with Gasteiger partial charge in [0.2, 0.25) is 5.91 Å². The molecule has 0 unspecified atom stereocenters. The van der Waals surface area contributed by atoms with Crippen LogP contribution in [0, 0.1) is 0 Å². The SMILES string of the molecule is CC(C)(C)OC(=O)NCC(=O)NCc1nc(-c2ccccn2)n[nH]1. The van der Waals surface area contributed by atoms with Crippen LogP contribution in [0.15, 0.2) is 24.4 Å². The van der Waals surface area contributed by atoms with Gasteiger partial charge in [-0.05, 0) is 32.9 Å². The number of hydrogen-bond donors (Lipinski definition) is 3. The third kappa shape index (κ3) is 5.67. The maximum Gasteiger partial charge on any atom is 0.408 e. The first-order chi connectivity index (χ1) is 11.3. The zero-order valence-corrected chi connectivity index (χ0v) is 13.8. The van der Waals surface area contributed by atoms with Crippen molar-refractivity contribution in [1.82, 2.24) is 30.8 Å². The number of pyridine rings is 1.